The number of ether oxygens (including phenoxy) is 1. The Labute approximate surface area is 108 Å². The SMILES string of the molecule is COc1ccc(Cl)cc1CSc1nncn1N. The van der Waals surface area contributed by atoms with Crippen molar-refractivity contribution >= 4 is 23.4 Å². The fourth-order valence-corrected chi connectivity index (χ4v) is 2.34. The van der Waals surface area contributed by atoms with E-state index in [0.717, 1.165) is 11.3 Å². The molecule has 0 unspecified atom stereocenters. The third-order valence-corrected chi connectivity index (χ3v) is 3.38. The fourth-order valence-electron chi connectivity index (χ4n) is 1.34. The summed E-state index contributed by atoms with van der Waals surface area (Å²) in [5.74, 6) is 7.08. The van der Waals surface area contributed by atoms with Gasteiger partial charge in [0, 0.05) is 16.3 Å². The van der Waals surface area contributed by atoms with Gasteiger partial charge in [0.15, 0.2) is 0 Å². The molecule has 0 saturated heterocycles. The molecule has 7 heteroatoms. The van der Waals surface area contributed by atoms with Crippen LogP contribution in [0.3, 0.4) is 0 Å². The van der Waals surface area contributed by atoms with E-state index in [1.54, 1.807) is 13.2 Å². The first-order valence-electron chi connectivity index (χ1n) is 4.81. The number of nitrogens with zero attached hydrogens (tertiary/aromatic N) is 3. The van der Waals surface area contributed by atoms with E-state index in [9.17, 15) is 0 Å². The van der Waals surface area contributed by atoms with Gasteiger partial charge in [0.25, 0.3) is 0 Å². The molecule has 0 radical (unpaired) electrons. The zero-order valence-corrected chi connectivity index (χ0v) is 10.7. The number of halogens is 1. The summed E-state index contributed by atoms with van der Waals surface area (Å²) < 4.78 is 6.63. The molecule has 0 fully saturated rings. The monoisotopic (exact) mass is 270 g/mol. The third-order valence-electron chi connectivity index (χ3n) is 2.14. The lowest BCUT2D eigenvalue weighted by Crippen LogP contribution is -2.07. The maximum absolute atomic E-state index is 5.94. The minimum atomic E-state index is 0.645. The van der Waals surface area contributed by atoms with E-state index in [4.69, 9.17) is 22.2 Å². The molecule has 0 spiro atoms. The van der Waals surface area contributed by atoms with Crippen molar-refractivity contribution in [3.63, 3.8) is 0 Å². The molecule has 17 heavy (non-hydrogen) atoms. The highest BCUT2D eigenvalue weighted by Gasteiger charge is 2.07. The van der Waals surface area contributed by atoms with Crippen molar-refractivity contribution in [1.29, 1.82) is 0 Å². The number of rotatable bonds is 4. The van der Waals surface area contributed by atoms with Gasteiger partial charge in [0.1, 0.15) is 12.1 Å². The highest BCUT2D eigenvalue weighted by molar-refractivity contribution is 7.98. The Balaban J connectivity index is 2.13. The molecule has 90 valence electrons. The molecule has 2 N–H and O–H groups in total. The average molecular weight is 271 g/mol. The second kappa shape index (κ2) is 5.29. The van der Waals surface area contributed by atoms with Crippen LogP contribution in [0.5, 0.6) is 5.75 Å². The first kappa shape index (κ1) is 12.1. The van der Waals surface area contributed by atoms with Crippen LogP contribution >= 0.6 is 23.4 Å². The molecular formula is C10H11ClN4OS. The van der Waals surface area contributed by atoms with Crippen LogP contribution in [0.1, 0.15) is 5.56 Å². The van der Waals surface area contributed by atoms with Crippen LogP contribution in [0.15, 0.2) is 29.7 Å². The van der Waals surface area contributed by atoms with E-state index in [1.807, 2.05) is 12.1 Å². The van der Waals surface area contributed by atoms with E-state index in [-0.39, 0.29) is 0 Å². The molecule has 0 saturated carbocycles. The minimum absolute atomic E-state index is 0.645. The van der Waals surface area contributed by atoms with Crippen molar-refractivity contribution in [2.75, 3.05) is 13.0 Å². The van der Waals surface area contributed by atoms with Crippen LogP contribution in [0.2, 0.25) is 5.02 Å². The van der Waals surface area contributed by atoms with E-state index in [1.165, 1.54) is 22.8 Å². The number of nitrogens with two attached hydrogens (primary N) is 1. The van der Waals surface area contributed by atoms with Crippen molar-refractivity contribution in [1.82, 2.24) is 14.9 Å². The van der Waals surface area contributed by atoms with Crippen LogP contribution in [-0.2, 0) is 5.75 Å². The Morgan fingerprint density at radius 2 is 2.35 bits per heavy atom. The number of nitrogen functional groups attached to an aromatic ring is 1. The Morgan fingerprint density at radius 3 is 3.00 bits per heavy atom. The molecule has 1 heterocycles. The highest BCUT2D eigenvalue weighted by atomic mass is 35.5. The number of hydrogen-bond donors (Lipinski definition) is 1. The number of methoxy groups -OCH3 is 1. The second-order valence-corrected chi connectivity index (χ2v) is 4.64. The van der Waals surface area contributed by atoms with Gasteiger partial charge in [-0.3, -0.25) is 0 Å². The van der Waals surface area contributed by atoms with Gasteiger partial charge < -0.3 is 10.6 Å². The minimum Gasteiger partial charge on any atom is -0.496 e. The predicted octanol–water partition coefficient (Wildman–Crippen LogP) is 1.95. The lowest BCUT2D eigenvalue weighted by atomic mass is 10.2. The number of thioether (sulfide) groups is 1. The highest BCUT2D eigenvalue weighted by Crippen LogP contribution is 2.28. The quantitative estimate of drug-likeness (QED) is 0.679. The second-order valence-electron chi connectivity index (χ2n) is 3.27. The van der Waals surface area contributed by atoms with E-state index in [0.29, 0.717) is 15.9 Å². The van der Waals surface area contributed by atoms with Gasteiger partial charge in [-0.25, -0.2) is 4.68 Å². The molecule has 0 aliphatic heterocycles. The van der Waals surface area contributed by atoms with Gasteiger partial charge in [0.05, 0.1) is 7.11 Å². The molecule has 2 rings (SSSR count). The van der Waals surface area contributed by atoms with Crippen LogP contribution in [0.4, 0.5) is 0 Å². The van der Waals surface area contributed by atoms with Crippen molar-refractivity contribution in [3.8, 4) is 5.75 Å². The Morgan fingerprint density at radius 1 is 1.53 bits per heavy atom. The summed E-state index contributed by atoms with van der Waals surface area (Å²) in [6.07, 6.45) is 1.46. The number of hydrogen-bond acceptors (Lipinski definition) is 5. The van der Waals surface area contributed by atoms with Gasteiger partial charge in [-0.15, -0.1) is 10.2 Å². The van der Waals surface area contributed by atoms with E-state index in [2.05, 4.69) is 10.2 Å². The van der Waals surface area contributed by atoms with Gasteiger partial charge in [-0.05, 0) is 18.2 Å². The number of benzene rings is 1. The summed E-state index contributed by atoms with van der Waals surface area (Å²) in [4.78, 5) is 0. The Hall–Kier alpha value is -1.40. The molecule has 0 amide bonds. The molecule has 1 aromatic carbocycles. The van der Waals surface area contributed by atoms with E-state index >= 15 is 0 Å². The van der Waals surface area contributed by atoms with Gasteiger partial charge >= 0.3 is 0 Å². The summed E-state index contributed by atoms with van der Waals surface area (Å²) in [6, 6.07) is 5.50. The van der Waals surface area contributed by atoms with Gasteiger partial charge in [-0.2, -0.15) is 0 Å². The van der Waals surface area contributed by atoms with Crippen LogP contribution in [0, 0.1) is 0 Å². The van der Waals surface area contributed by atoms with Crippen molar-refractivity contribution in [2.24, 2.45) is 0 Å². The number of aromatic nitrogens is 3. The van der Waals surface area contributed by atoms with Crippen molar-refractivity contribution in [2.45, 2.75) is 10.9 Å². The predicted molar refractivity (Wildman–Crippen MR) is 67.7 cm³/mol. The summed E-state index contributed by atoms with van der Waals surface area (Å²) in [6.45, 7) is 0. The molecule has 0 bridgehead atoms. The zero-order chi connectivity index (χ0) is 12.3. The fraction of sp³-hybridized carbons (Fsp3) is 0.200. The average Bonchev–Trinajstić information content (AvgIpc) is 2.72. The van der Waals surface area contributed by atoms with E-state index < -0.39 is 0 Å². The maximum Gasteiger partial charge on any atom is 0.209 e. The summed E-state index contributed by atoms with van der Waals surface area (Å²) >= 11 is 7.41. The van der Waals surface area contributed by atoms with Crippen LogP contribution in [-0.4, -0.2) is 22.0 Å². The normalized spacial score (nSPS) is 10.5. The Bertz CT molecular complexity index is 517. The van der Waals surface area contributed by atoms with Crippen LogP contribution in [0.25, 0.3) is 0 Å². The largest absolute Gasteiger partial charge is 0.496 e. The maximum atomic E-state index is 5.94. The van der Waals surface area contributed by atoms with Crippen molar-refractivity contribution in [3.05, 3.63) is 35.1 Å². The summed E-state index contributed by atoms with van der Waals surface area (Å²) in [5.41, 5.74) is 0.994. The zero-order valence-electron chi connectivity index (χ0n) is 9.13. The molecular weight excluding hydrogens is 260 g/mol. The topological polar surface area (TPSA) is 66.0 Å². The first-order valence-corrected chi connectivity index (χ1v) is 6.17. The molecule has 5 nitrogen and oxygen atoms in total. The van der Waals surface area contributed by atoms with Gasteiger partial charge in [0.2, 0.25) is 5.16 Å². The summed E-state index contributed by atoms with van der Waals surface area (Å²) in [7, 11) is 1.63. The van der Waals surface area contributed by atoms with Gasteiger partial charge in [-0.1, -0.05) is 23.4 Å². The molecule has 0 aliphatic rings. The lowest BCUT2D eigenvalue weighted by molar-refractivity contribution is 0.411. The Kier molecular flexibility index (Phi) is 3.75. The molecule has 0 atom stereocenters. The standard InChI is InChI=1S/C10H11ClN4OS/c1-16-9-3-2-8(11)4-7(9)5-17-10-14-13-6-15(10)12/h2-4,6H,5,12H2,1H3. The smallest absolute Gasteiger partial charge is 0.209 e. The van der Waals surface area contributed by atoms with Crippen LogP contribution < -0.4 is 10.6 Å². The molecule has 1 aromatic heterocycles. The summed E-state index contributed by atoms with van der Waals surface area (Å²) in [5, 5.41) is 8.91. The molecule has 0 aliphatic carbocycles. The first-order chi connectivity index (χ1) is 8.20. The third kappa shape index (κ3) is 2.83. The van der Waals surface area contributed by atoms with Crippen molar-refractivity contribution < 1.29 is 4.74 Å². The molecule has 2 aromatic rings. The lowest BCUT2D eigenvalue weighted by Gasteiger charge is -2.08.